The molecule has 0 spiro atoms. The van der Waals surface area contributed by atoms with Crippen LogP contribution in [0.1, 0.15) is 25.3 Å². The fourth-order valence-corrected chi connectivity index (χ4v) is 2.10. The fourth-order valence-electron chi connectivity index (χ4n) is 2.10. The van der Waals surface area contributed by atoms with Crippen molar-refractivity contribution in [2.24, 2.45) is 4.99 Å². The molecule has 0 N–H and O–H groups in total. The van der Waals surface area contributed by atoms with Gasteiger partial charge in [-0.2, -0.15) is 0 Å². The molecule has 0 saturated heterocycles. The lowest BCUT2D eigenvalue weighted by molar-refractivity contribution is 0.174. The summed E-state index contributed by atoms with van der Waals surface area (Å²) in [5.74, 6) is 2.41. The summed E-state index contributed by atoms with van der Waals surface area (Å²) >= 11 is 0. The number of hydrogen-bond acceptors (Lipinski definition) is 4. The summed E-state index contributed by atoms with van der Waals surface area (Å²) in [5, 5.41) is 0. The molecule has 1 aliphatic rings. The second-order valence-electron chi connectivity index (χ2n) is 5.07. The van der Waals surface area contributed by atoms with Gasteiger partial charge in [-0.05, 0) is 48.4 Å². The van der Waals surface area contributed by atoms with Gasteiger partial charge in [0.05, 0.1) is 12.3 Å². The Kier molecular flexibility index (Phi) is 4.59. The number of fused-ring (bicyclic) bond motifs is 1. The van der Waals surface area contributed by atoms with Gasteiger partial charge >= 0.3 is 0 Å². The molecule has 22 heavy (non-hydrogen) atoms. The lowest BCUT2D eigenvalue weighted by Gasteiger charge is -2.04. The highest BCUT2D eigenvalue weighted by Gasteiger charge is 2.12. The monoisotopic (exact) mass is 297 g/mol. The first kappa shape index (κ1) is 14.4. The third kappa shape index (κ3) is 3.58. The van der Waals surface area contributed by atoms with E-state index in [1.54, 1.807) is 0 Å². The minimum absolute atomic E-state index is 0.280. The van der Waals surface area contributed by atoms with Gasteiger partial charge in [0.2, 0.25) is 6.79 Å². The van der Waals surface area contributed by atoms with Crippen LogP contribution in [-0.2, 0) is 0 Å². The number of benzene rings is 2. The molecular formula is C18H19NO3. The number of unbranched alkanes of at least 4 members (excludes halogenated alkanes) is 1. The lowest BCUT2D eigenvalue weighted by atomic mass is 10.2. The highest BCUT2D eigenvalue weighted by Crippen LogP contribution is 2.35. The van der Waals surface area contributed by atoms with Gasteiger partial charge in [0.15, 0.2) is 11.5 Å². The van der Waals surface area contributed by atoms with Gasteiger partial charge in [-0.15, -0.1) is 0 Å². The van der Waals surface area contributed by atoms with E-state index in [0.717, 1.165) is 47.9 Å². The molecule has 0 bridgehead atoms. The van der Waals surface area contributed by atoms with Crippen LogP contribution in [0.5, 0.6) is 17.2 Å². The molecule has 0 saturated carbocycles. The van der Waals surface area contributed by atoms with Crippen molar-refractivity contribution in [3.05, 3.63) is 48.0 Å². The van der Waals surface area contributed by atoms with Crippen molar-refractivity contribution in [2.75, 3.05) is 13.4 Å². The predicted octanol–water partition coefficient (Wildman–Crippen LogP) is 4.34. The van der Waals surface area contributed by atoms with E-state index in [-0.39, 0.29) is 6.79 Å². The summed E-state index contributed by atoms with van der Waals surface area (Å²) in [5.41, 5.74) is 1.87. The molecule has 0 radical (unpaired) electrons. The normalized spacial score (nSPS) is 12.8. The minimum Gasteiger partial charge on any atom is -0.494 e. The van der Waals surface area contributed by atoms with Crippen LogP contribution in [0.4, 0.5) is 5.69 Å². The molecule has 3 rings (SSSR count). The van der Waals surface area contributed by atoms with E-state index in [0.29, 0.717) is 0 Å². The Bertz CT molecular complexity index is 650. The second kappa shape index (κ2) is 6.98. The summed E-state index contributed by atoms with van der Waals surface area (Å²) in [6, 6.07) is 13.6. The van der Waals surface area contributed by atoms with E-state index < -0.39 is 0 Å². The van der Waals surface area contributed by atoms with Crippen molar-refractivity contribution in [2.45, 2.75) is 19.8 Å². The predicted molar refractivity (Wildman–Crippen MR) is 86.7 cm³/mol. The SMILES string of the molecule is CCCCOc1ccc(C=Nc2ccc3c(c2)OCO3)cc1. The lowest BCUT2D eigenvalue weighted by Crippen LogP contribution is -1.96. The van der Waals surface area contributed by atoms with Gasteiger partial charge < -0.3 is 14.2 Å². The Hall–Kier alpha value is -2.49. The molecule has 1 aliphatic heterocycles. The topological polar surface area (TPSA) is 40.0 Å². The summed E-state index contributed by atoms with van der Waals surface area (Å²) in [6.45, 7) is 3.20. The molecule has 0 aromatic heterocycles. The van der Waals surface area contributed by atoms with Crippen LogP contribution in [0.15, 0.2) is 47.5 Å². The molecule has 0 aliphatic carbocycles. The molecule has 2 aromatic carbocycles. The number of aliphatic imine (C=N–C) groups is 1. The summed E-state index contributed by atoms with van der Waals surface area (Å²) < 4.78 is 16.3. The number of ether oxygens (including phenoxy) is 3. The van der Waals surface area contributed by atoms with Gasteiger partial charge in [-0.1, -0.05) is 13.3 Å². The van der Waals surface area contributed by atoms with Crippen LogP contribution in [-0.4, -0.2) is 19.6 Å². The van der Waals surface area contributed by atoms with E-state index in [1.165, 1.54) is 0 Å². The van der Waals surface area contributed by atoms with Crippen LogP contribution in [0.3, 0.4) is 0 Å². The zero-order valence-electron chi connectivity index (χ0n) is 12.6. The number of nitrogens with zero attached hydrogens (tertiary/aromatic N) is 1. The van der Waals surface area contributed by atoms with Crippen molar-refractivity contribution in [3.8, 4) is 17.2 Å². The van der Waals surface area contributed by atoms with Crippen molar-refractivity contribution >= 4 is 11.9 Å². The van der Waals surface area contributed by atoms with E-state index >= 15 is 0 Å². The van der Waals surface area contributed by atoms with Gasteiger partial charge in [0.25, 0.3) is 0 Å². The Morgan fingerprint density at radius 3 is 2.73 bits per heavy atom. The molecule has 0 fully saturated rings. The maximum atomic E-state index is 5.64. The average Bonchev–Trinajstić information content (AvgIpc) is 3.02. The maximum Gasteiger partial charge on any atom is 0.231 e. The quantitative estimate of drug-likeness (QED) is 0.588. The molecule has 0 unspecified atom stereocenters. The highest BCUT2D eigenvalue weighted by molar-refractivity contribution is 5.82. The molecule has 1 heterocycles. The van der Waals surface area contributed by atoms with Crippen LogP contribution in [0.2, 0.25) is 0 Å². The molecule has 4 nitrogen and oxygen atoms in total. The molecule has 2 aromatic rings. The van der Waals surface area contributed by atoms with Crippen LogP contribution >= 0.6 is 0 Å². The molecular weight excluding hydrogens is 278 g/mol. The van der Waals surface area contributed by atoms with E-state index in [9.17, 15) is 0 Å². The smallest absolute Gasteiger partial charge is 0.231 e. The van der Waals surface area contributed by atoms with E-state index in [2.05, 4.69) is 11.9 Å². The Balaban J connectivity index is 1.62. The summed E-state index contributed by atoms with van der Waals surface area (Å²) in [6.07, 6.45) is 4.04. The van der Waals surface area contributed by atoms with Gasteiger partial charge in [-0.3, -0.25) is 4.99 Å². The van der Waals surface area contributed by atoms with Crippen LogP contribution < -0.4 is 14.2 Å². The summed E-state index contributed by atoms with van der Waals surface area (Å²) in [4.78, 5) is 4.46. The standard InChI is InChI=1S/C18H19NO3/c1-2-3-10-20-16-7-4-14(5-8-16)12-19-15-6-9-17-18(11-15)22-13-21-17/h4-9,11-12H,2-3,10,13H2,1H3. The number of hydrogen-bond donors (Lipinski definition) is 0. The summed E-state index contributed by atoms with van der Waals surface area (Å²) in [7, 11) is 0. The molecule has 0 atom stereocenters. The minimum atomic E-state index is 0.280. The number of rotatable bonds is 6. The molecule has 4 heteroatoms. The average molecular weight is 297 g/mol. The first-order chi connectivity index (χ1) is 10.8. The maximum absolute atomic E-state index is 5.64. The third-order valence-electron chi connectivity index (χ3n) is 3.37. The van der Waals surface area contributed by atoms with Crippen molar-refractivity contribution in [1.29, 1.82) is 0 Å². The zero-order chi connectivity index (χ0) is 15.2. The third-order valence-corrected chi connectivity index (χ3v) is 3.37. The first-order valence-electron chi connectivity index (χ1n) is 7.52. The van der Waals surface area contributed by atoms with Gasteiger partial charge in [-0.25, -0.2) is 0 Å². The Morgan fingerprint density at radius 2 is 1.91 bits per heavy atom. The molecule has 114 valence electrons. The largest absolute Gasteiger partial charge is 0.494 e. The molecule has 0 amide bonds. The van der Waals surface area contributed by atoms with E-state index in [1.807, 2.05) is 48.7 Å². The van der Waals surface area contributed by atoms with Crippen molar-refractivity contribution < 1.29 is 14.2 Å². The van der Waals surface area contributed by atoms with Crippen LogP contribution in [0, 0.1) is 0 Å². The van der Waals surface area contributed by atoms with Crippen molar-refractivity contribution in [1.82, 2.24) is 0 Å². The van der Waals surface area contributed by atoms with Crippen molar-refractivity contribution in [3.63, 3.8) is 0 Å². The highest BCUT2D eigenvalue weighted by atomic mass is 16.7. The van der Waals surface area contributed by atoms with Gasteiger partial charge in [0.1, 0.15) is 5.75 Å². The van der Waals surface area contributed by atoms with Crippen LogP contribution in [0.25, 0.3) is 0 Å². The zero-order valence-corrected chi connectivity index (χ0v) is 12.6. The van der Waals surface area contributed by atoms with Gasteiger partial charge in [0, 0.05) is 12.3 Å². The second-order valence-corrected chi connectivity index (χ2v) is 5.07. The Morgan fingerprint density at radius 1 is 1.09 bits per heavy atom. The Labute approximate surface area is 130 Å². The van der Waals surface area contributed by atoms with E-state index in [4.69, 9.17) is 14.2 Å². The first-order valence-corrected chi connectivity index (χ1v) is 7.52. The fraction of sp³-hybridized carbons (Fsp3) is 0.278.